The lowest BCUT2D eigenvalue weighted by Crippen LogP contribution is -2.47. The molecule has 2 aromatic rings. The van der Waals surface area contributed by atoms with Crippen molar-refractivity contribution in [1.82, 2.24) is 25.3 Å². The molecule has 0 bridgehead atoms. The van der Waals surface area contributed by atoms with Gasteiger partial charge in [0.15, 0.2) is 5.69 Å². The predicted molar refractivity (Wildman–Crippen MR) is 100 cm³/mol. The molecule has 27 heavy (non-hydrogen) atoms. The van der Waals surface area contributed by atoms with E-state index >= 15 is 0 Å². The quantitative estimate of drug-likeness (QED) is 0.822. The fourth-order valence-electron chi connectivity index (χ4n) is 3.94. The molecule has 1 aromatic heterocycles. The number of amides is 2. The summed E-state index contributed by atoms with van der Waals surface area (Å²) < 4.78 is 5.88. The maximum atomic E-state index is 12.7. The average molecular weight is 371 g/mol. The van der Waals surface area contributed by atoms with Gasteiger partial charge in [0.25, 0.3) is 5.91 Å². The number of nitrogens with one attached hydrogen (secondary N) is 2. The summed E-state index contributed by atoms with van der Waals surface area (Å²) in [4.78, 5) is 28.5. The van der Waals surface area contributed by atoms with Crippen molar-refractivity contribution in [2.45, 2.75) is 31.0 Å². The number of hydrogen-bond donors (Lipinski definition) is 2. The maximum Gasteiger partial charge on any atom is 0.272 e. The van der Waals surface area contributed by atoms with Crippen molar-refractivity contribution in [3.63, 3.8) is 0 Å². The van der Waals surface area contributed by atoms with Gasteiger partial charge in [0.05, 0.1) is 24.6 Å². The van der Waals surface area contributed by atoms with Crippen molar-refractivity contribution in [3.8, 4) is 0 Å². The highest BCUT2D eigenvalue weighted by Gasteiger charge is 2.38. The highest BCUT2D eigenvalue weighted by atomic mass is 16.5. The number of H-pyrrole nitrogens is 1. The molecule has 3 atom stereocenters. The summed E-state index contributed by atoms with van der Waals surface area (Å²) in [6.07, 6.45) is 1.16. The van der Waals surface area contributed by atoms with Gasteiger partial charge in [0.1, 0.15) is 0 Å². The number of ether oxygens (including phenoxy) is 1. The highest BCUT2D eigenvalue weighted by molar-refractivity contribution is 6.04. The van der Waals surface area contributed by atoms with Crippen LogP contribution in [0.2, 0.25) is 0 Å². The summed E-state index contributed by atoms with van der Waals surface area (Å²) in [6, 6.07) is 7.96. The first-order valence-electron chi connectivity index (χ1n) is 9.31. The Labute approximate surface area is 157 Å². The van der Waals surface area contributed by atoms with Crippen LogP contribution in [-0.2, 0) is 9.53 Å². The first kappa shape index (κ1) is 17.9. The summed E-state index contributed by atoms with van der Waals surface area (Å²) in [6.45, 7) is 2.10. The number of aromatic amines is 1. The minimum atomic E-state index is -0.155. The van der Waals surface area contributed by atoms with Gasteiger partial charge >= 0.3 is 0 Å². The van der Waals surface area contributed by atoms with Crippen LogP contribution in [0.4, 0.5) is 0 Å². The number of carbonyl (C=O) groups is 2. The number of benzene rings is 1. The summed E-state index contributed by atoms with van der Waals surface area (Å²) >= 11 is 0. The molecule has 3 heterocycles. The van der Waals surface area contributed by atoms with Crippen LogP contribution in [0.5, 0.6) is 0 Å². The molecule has 2 aliphatic heterocycles. The minimum absolute atomic E-state index is 0.0601. The third-order valence-corrected chi connectivity index (χ3v) is 5.41. The van der Waals surface area contributed by atoms with Gasteiger partial charge in [-0.3, -0.25) is 19.6 Å². The molecule has 2 saturated heterocycles. The van der Waals surface area contributed by atoms with E-state index in [9.17, 15) is 9.59 Å². The summed E-state index contributed by atoms with van der Waals surface area (Å²) in [5.74, 6) is -0.0783. The monoisotopic (exact) mass is 371 g/mol. The van der Waals surface area contributed by atoms with E-state index < -0.39 is 0 Å². The lowest BCUT2D eigenvalue weighted by Gasteiger charge is -2.35. The molecule has 2 N–H and O–H groups in total. The Morgan fingerprint density at radius 2 is 2.15 bits per heavy atom. The van der Waals surface area contributed by atoms with Crippen LogP contribution < -0.4 is 5.32 Å². The van der Waals surface area contributed by atoms with E-state index in [1.165, 1.54) is 0 Å². The second-order valence-electron chi connectivity index (χ2n) is 7.58. The number of hydrogen-bond acceptors (Lipinski definition) is 5. The first-order chi connectivity index (χ1) is 13.0. The third kappa shape index (κ3) is 3.68. The standard InChI is InChI=1S/C19H25N5O3/c1-23(2)17(25)8-14-10-24-9-12(7-13(24)11-27-14)20-19(26)18-15-5-3-4-6-16(15)21-22-18/h3-6,12-14H,7-11H2,1-2H3,(H,20,26)(H,21,22)/t12-,13-,14-/m0/s1. The minimum Gasteiger partial charge on any atom is -0.375 e. The van der Waals surface area contributed by atoms with Gasteiger partial charge in [-0.25, -0.2) is 0 Å². The third-order valence-electron chi connectivity index (χ3n) is 5.41. The Hall–Kier alpha value is -2.45. The highest BCUT2D eigenvalue weighted by Crippen LogP contribution is 2.25. The summed E-state index contributed by atoms with van der Waals surface area (Å²) in [5.41, 5.74) is 1.29. The van der Waals surface area contributed by atoms with Gasteiger partial charge in [0.2, 0.25) is 5.91 Å². The summed E-state index contributed by atoms with van der Waals surface area (Å²) in [5, 5.41) is 11.0. The molecule has 0 spiro atoms. The SMILES string of the molecule is CN(C)C(=O)C[C@H]1CN2C[C@@H](NC(=O)c3n[nH]c4ccccc34)C[C@H]2CO1. The molecular weight excluding hydrogens is 346 g/mol. The largest absolute Gasteiger partial charge is 0.375 e. The summed E-state index contributed by atoms with van der Waals surface area (Å²) in [7, 11) is 3.52. The van der Waals surface area contributed by atoms with Crippen LogP contribution in [0.15, 0.2) is 24.3 Å². The lowest BCUT2D eigenvalue weighted by atomic mass is 10.1. The predicted octanol–water partition coefficient (Wildman–Crippen LogP) is 0.613. The molecule has 2 fully saturated rings. The number of morpholine rings is 1. The zero-order chi connectivity index (χ0) is 19.0. The smallest absolute Gasteiger partial charge is 0.272 e. The number of rotatable bonds is 4. The molecule has 8 nitrogen and oxygen atoms in total. The van der Waals surface area contributed by atoms with Gasteiger partial charge in [-0.15, -0.1) is 0 Å². The Balaban J connectivity index is 1.36. The van der Waals surface area contributed by atoms with E-state index in [4.69, 9.17) is 4.74 Å². The van der Waals surface area contributed by atoms with Gasteiger partial charge in [-0.2, -0.15) is 5.10 Å². The van der Waals surface area contributed by atoms with Crippen molar-refractivity contribution in [1.29, 1.82) is 0 Å². The van der Waals surface area contributed by atoms with E-state index in [2.05, 4.69) is 20.4 Å². The zero-order valence-corrected chi connectivity index (χ0v) is 15.6. The lowest BCUT2D eigenvalue weighted by molar-refractivity contribution is -0.134. The van der Waals surface area contributed by atoms with Crippen LogP contribution in [0.3, 0.4) is 0 Å². The van der Waals surface area contributed by atoms with Crippen molar-refractivity contribution in [2.75, 3.05) is 33.8 Å². The Bertz CT molecular complexity index is 849. The van der Waals surface area contributed by atoms with Gasteiger partial charge < -0.3 is 15.0 Å². The second-order valence-corrected chi connectivity index (χ2v) is 7.58. The maximum absolute atomic E-state index is 12.7. The van der Waals surface area contributed by atoms with E-state index in [-0.39, 0.29) is 30.0 Å². The molecular formula is C19H25N5O3. The van der Waals surface area contributed by atoms with Gasteiger partial charge in [-0.1, -0.05) is 18.2 Å². The Kier molecular flexibility index (Phi) is 4.84. The molecule has 0 aliphatic carbocycles. The van der Waals surface area contributed by atoms with Crippen LogP contribution in [0, 0.1) is 0 Å². The first-order valence-corrected chi connectivity index (χ1v) is 9.31. The van der Waals surface area contributed by atoms with Crippen LogP contribution in [0.25, 0.3) is 10.9 Å². The molecule has 2 aliphatic rings. The number of fused-ring (bicyclic) bond motifs is 2. The molecule has 0 unspecified atom stereocenters. The molecule has 1 aromatic carbocycles. The van der Waals surface area contributed by atoms with Gasteiger partial charge in [-0.05, 0) is 12.5 Å². The van der Waals surface area contributed by atoms with Crippen molar-refractivity contribution < 1.29 is 14.3 Å². The molecule has 144 valence electrons. The fourth-order valence-corrected chi connectivity index (χ4v) is 3.94. The molecule has 0 saturated carbocycles. The fraction of sp³-hybridized carbons (Fsp3) is 0.526. The average Bonchev–Trinajstić information content (AvgIpc) is 3.24. The van der Waals surface area contributed by atoms with Gasteiger partial charge in [0, 0.05) is 44.7 Å². The zero-order valence-electron chi connectivity index (χ0n) is 15.6. The van der Waals surface area contributed by atoms with Crippen molar-refractivity contribution in [3.05, 3.63) is 30.0 Å². The van der Waals surface area contributed by atoms with Crippen LogP contribution in [0.1, 0.15) is 23.3 Å². The second kappa shape index (κ2) is 7.28. The molecule has 4 rings (SSSR count). The number of carbonyl (C=O) groups excluding carboxylic acids is 2. The van der Waals surface area contributed by atoms with Crippen LogP contribution in [-0.4, -0.2) is 83.8 Å². The van der Waals surface area contributed by atoms with Crippen molar-refractivity contribution in [2.24, 2.45) is 0 Å². The molecule has 8 heteroatoms. The number of aromatic nitrogens is 2. The van der Waals surface area contributed by atoms with E-state index in [0.29, 0.717) is 18.7 Å². The topological polar surface area (TPSA) is 90.6 Å². The number of nitrogens with zero attached hydrogens (tertiary/aromatic N) is 3. The Morgan fingerprint density at radius 3 is 2.96 bits per heavy atom. The van der Waals surface area contributed by atoms with Crippen molar-refractivity contribution >= 4 is 22.7 Å². The van der Waals surface area contributed by atoms with E-state index in [1.807, 2.05) is 24.3 Å². The van der Waals surface area contributed by atoms with Crippen LogP contribution >= 0.6 is 0 Å². The number of para-hydroxylation sites is 1. The normalized spacial score (nSPS) is 25.3. The van der Waals surface area contributed by atoms with E-state index in [0.717, 1.165) is 30.4 Å². The molecule has 0 radical (unpaired) electrons. The van der Waals surface area contributed by atoms with E-state index in [1.54, 1.807) is 19.0 Å². The Morgan fingerprint density at radius 1 is 1.33 bits per heavy atom. The molecule has 2 amide bonds.